The molecule has 4 rings (SSSR count). The van der Waals surface area contributed by atoms with Crippen molar-refractivity contribution in [2.75, 3.05) is 57.9 Å². The molecule has 0 aliphatic carbocycles. The molecule has 1 aromatic heterocycles. The van der Waals surface area contributed by atoms with Crippen LogP contribution in [0.1, 0.15) is 63.9 Å². The Balaban J connectivity index is 1.56. The molecule has 13 heteroatoms. The molecule has 0 bridgehead atoms. The third-order valence-electron chi connectivity index (χ3n) is 7.85. The van der Waals surface area contributed by atoms with Gasteiger partial charge in [-0.05, 0) is 47.0 Å². The Hall–Kier alpha value is -4.26. The van der Waals surface area contributed by atoms with Crippen LogP contribution in [0.3, 0.4) is 0 Å². The maximum absolute atomic E-state index is 13.8. The molecule has 3 heterocycles. The SMILES string of the molecule is CCOC(=O)N1CCN(C(=O)[C@H](CCC(=O)OC(C)(C)C)NC(=O)c2cc(N3CCC(OC)CC3)nc(-c3ccccc3)n2)CC1. The first-order valence-electron chi connectivity index (χ1n) is 15.9. The number of hydrogen-bond donors (Lipinski definition) is 1. The second kappa shape index (κ2) is 15.8. The Labute approximate surface area is 270 Å². The third-order valence-corrected chi connectivity index (χ3v) is 7.85. The van der Waals surface area contributed by atoms with Crippen LogP contribution in [-0.4, -0.2) is 114 Å². The zero-order chi connectivity index (χ0) is 33.3. The van der Waals surface area contributed by atoms with Crippen LogP contribution >= 0.6 is 0 Å². The number of aromatic nitrogens is 2. The third kappa shape index (κ3) is 9.62. The summed E-state index contributed by atoms with van der Waals surface area (Å²) in [5, 5.41) is 2.86. The molecule has 3 amide bonds. The van der Waals surface area contributed by atoms with Crippen molar-refractivity contribution in [1.29, 1.82) is 0 Å². The molecule has 1 N–H and O–H groups in total. The van der Waals surface area contributed by atoms with Crippen LogP contribution < -0.4 is 10.2 Å². The summed E-state index contributed by atoms with van der Waals surface area (Å²) in [7, 11) is 1.71. The fourth-order valence-electron chi connectivity index (χ4n) is 5.44. The fourth-order valence-corrected chi connectivity index (χ4v) is 5.44. The van der Waals surface area contributed by atoms with Crippen LogP contribution in [0, 0.1) is 0 Å². The van der Waals surface area contributed by atoms with Crippen molar-refractivity contribution in [1.82, 2.24) is 25.1 Å². The van der Waals surface area contributed by atoms with Gasteiger partial charge in [0.1, 0.15) is 23.2 Å². The number of hydrogen-bond acceptors (Lipinski definition) is 10. The average Bonchev–Trinajstić information content (AvgIpc) is 3.05. The minimum absolute atomic E-state index is 0.0333. The number of esters is 1. The maximum atomic E-state index is 13.8. The van der Waals surface area contributed by atoms with Crippen LogP contribution in [-0.2, 0) is 23.8 Å². The highest BCUT2D eigenvalue weighted by molar-refractivity contribution is 5.97. The van der Waals surface area contributed by atoms with E-state index in [9.17, 15) is 19.2 Å². The Morgan fingerprint density at radius 1 is 0.957 bits per heavy atom. The highest BCUT2D eigenvalue weighted by atomic mass is 16.6. The number of ether oxygens (including phenoxy) is 3. The van der Waals surface area contributed by atoms with Gasteiger partial charge < -0.3 is 34.2 Å². The summed E-state index contributed by atoms with van der Waals surface area (Å²) in [4.78, 5) is 67.1. The number of carbonyl (C=O) groups is 4. The van der Waals surface area contributed by atoms with Gasteiger partial charge in [-0.2, -0.15) is 0 Å². The number of amides is 3. The van der Waals surface area contributed by atoms with Gasteiger partial charge in [0, 0.05) is 64.4 Å². The summed E-state index contributed by atoms with van der Waals surface area (Å²) >= 11 is 0. The number of methoxy groups -OCH3 is 1. The van der Waals surface area contributed by atoms with Crippen molar-refractivity contribution in [3.8, 4) is 11.4 Å². The number of piperidine rings is 1. The van der Waals surface area contributed by atoms with E-state index >= 15 is 0 Å². The highest BCUT2D eigenvalue weighted by Crippen LogP contribution is 2.24. The largest absolute Gasteiger partial charge is 0.460 e. The highest BCUT2D eigenvalue weighted by Gasteiger charge is 2.32. The summed E-state index contributed by atoms with van der Waals surface area (Å²) in [5.41, 5.74) is 0.175. The topological polar surface area (TPSA) is 144 Å². The smallest absolute Gasteiger partial charge is 0.409 e. The lowest BCUT2D eigenvalue weighted by atomic mass is 10.1. The van der Waals surface area contributed by atoms with Crippen molar-refractivity contribution >= 4 is 29.7 Å². The summed E-state index contributed by atoms with van der Waals surface area (Å²) in [6, 6.07) is 10.0. The maximum Gasteiger partial charge on any atom is 0.409 e. The summed E-state index contributed by atoms with van der Waals surface area (Å²) in [5.74, 6) is -0.370. The molecule has 2 aliphatic rings. The van der Waals surface area contributed by atoms with E-state index in [0.29, 0.717) is 37.8 Å². The summed E-state index contributed by atoms with van der Waals surface area (Å²) in [6.07, 6.45) is 1.36. The molecule has 0 unspecified atom stereocenters. The monoisotopic (exact) mass is 638 g/mol. The lowest BCUT2D eigenvalue weighted by molar-refractivity contribution is -0.155. The first-order chi connectivity index (χ1) is 22.0. The molecule has 0 spiro atoms. The van der Waals surface area contributed by atoms with Gasteiger partial charge in [-0.15, -0.1) is 0 Å². The van der Waals surface area contributed by atoms with Gasteiger partial charge in [-0.3, -0.25) is 14.4 Å². The van der Waals surface area contributed by atoms with E-state index in [1.54, 1.807) is 50.7 Å². The van der Waals surface area contributed by atoms with Crippen LogP contribution in [0.25, 0.3) is 11.4 Å². The number of rotatable bonds is 10. The van der Waals surface area contributed by atoms with Crippen LogP contribution in [0.4, 0.5) is 10.6 Å². The quantitative estimate of drug-likeness (QED) is 0.385. The first kappa shape index (κ1) is 34.6. The number of nitrogens with one attached hydrogen (secondary N) is 1. The predicted molar refractivity (Wildman–Crippen MR) is 171 cm³/mol. The zero-order valence-corrected chi connectivity index (χ0v) is 27.5. The van der Waals surface area contributed by atoms with Crippen molar-refractivity contribution in [2.24, 2.45) is 0 Å². The molecular weight excluding hydrogens is 592 g/mol. The first-order valence-corrected chi connectivity index (χ1v) is 15.9. The van der Waals surface area contributed by atoms with Crippen LogP contribution in [0.2, 0.25) is 0 Å². The molecule has 2 saturated heterocycles. The van der Waals surface area contributed by atoms with Crippen molar-refractivity contribution in [2.45, 2.75) is 71.1 Å². The van der Waals surface area contributed by atoms with Crippen molar-refractivity contribution in [3.63, 3.8) is 0 Å². The van der Waals surface area contributed by atoms with E-state index in [2.05, 4.69) is 15.2 Å². The second-order valence-electron chi connectivity index (χ2n) is 12.4. The van der Waals surface area contributed by atoms with Crippen molar-refractivity contribution in [3.05, 3.63) is 42.1 Å². The van der Waals surface area contributed by atoms with Crippen LogP contribution in [0.15, 0.2) is 36.4 Å². The Morgan fingerprint density at radius 2 is 1.61 bits per heavy atom. The van der Waals surface area contributed by atoms with E-state index < -0.39 is 29.6 Å². The van der Waals surface area contributed by atoms with E-state index in [0.717, 1.165) is 18.4 Å². The Kier molecular flexibility index (Phi) is 11.9. The van der Waals surface area contributed by atoms with E-state index in [1.165, 1.54) is 0 Å². The molecule has 0 radical (unpaired) electrons. The second-order valence-corrected chi connectivity index (χ2v) is 12.4. The predicted octanol–water partition coefficient (Wildman–Crippen LogP) is 3.28. The van der Waals surface area contributed by atoms with Gasteiger partial charge in [0.25, 0.3) is 5.91 Å². The number of anilines is 1. The van der Waals surface area contributed by atoms with E-state index in [4.69, 9.17) is 19.2 Å². The van der Waals surface area contributed by atoms with Gasteiger partial charge in [0.2, 0.25) is 5.91 Å². The minimum atomic E-state index is -1.02. The molecule has 2 aromatic rings. The standard InChI is InChI=1S/C33H46N6O7/c1-6-45-32(43)39-20-18-38(19-21-39)31(42)25(12-13-28(40)46-33(2,3)4)35-30(41)26-22-27(37-16-14-24(44-5)15-17-37)36-29(34-26)23-10-8-7-9-11-23/h7-11,22,24-25H,6,12-21H2,1-5H3,(H,35,41)/t25-/m0/s1. The molecule has 1 atom stereocenters. The molecule has 0 saturated carbocycles. The zero-order valence-electron chi connectivity index (χ0n) is 27.5. The number of piperazine rings is 1. The molecule has 13 nitrogen and oxygen atoms in total. The molecule has 2 aliphatic heterocycles. The number of nitrogens with zero attached hydrogens (tertiary/aromatic N) is 5. The lowest BCUT2D eigenvalue weighted by Gasteiger charge is -2.36. The van der Waals surface area contributed by atoms with Gasteiger partial charge in [-0.1, -0.05) is 30.3 Å². The Morgan fingerprint density at radius 3 is 2.22 bits per heavy atom. The van der Waals surface area contributed by atoms with Gasteiger partial charge in [0.15, 0.2) is 5.82 Å². The van der Waals surface area contributed by atoms with E-state index in [-0.39, 0.29) is 50.2 Å². The van der Waals surface area contributed by atoms with Crippen molar-refractivity contribution < 1.29 is 33.4 Å². The lowest BCUT2D eigenvalue weighted by Crippen LogP contribution is -2.56. The normalized spacial score (nSPS) is 16.5. The fraction of sp³-hybridized carbons (Fsp3) is 0.576. The Bertz CT molecular complexity index is 1350. The average molecular weight is 639 g/mol. The minimum Gasteiger partial charge on any atom is -0.460 e. The van der Waals surface area contributed by atoms with E-state index in [1.807, 2.05) is 30.3 Å². The molecule has 2 fully saturated rings. The molecule has 46 heavy (non-hydrogen) atoms. The molecule has 250 valence electrons. The molecular formula is C33H46N6O7. The van der Waals surface area contributed by atoms with Gasteiger partial charge in [0.05, 0.1) is 12.7 Å². The summed E-state index contributed by atoms with van der Waals surface area (Å²) < 4.78 is 16.1. The van der Waals surface area contributed by atoms with Gasteiger partial charge >= 0.3 is 12.1 Å². The van der Waals surface area contributed by atoms with Gasteiger partial charge in [-0.25, -0.2) is 14.8 Å². The molecule has 1 aromatic carbocycles. The number of benzene rings is 1. The number of carbonyl (C=O) groups excluding carboxylic acids is 4. The summed E-state index contributed by atoms with van der Waals surface area (Å²) in [6.45, 7) is 9.86. The van der Waals surface area contributed by atoms with Crippen LogP contribution in [0.5, 0.6) is 0 Å².